The number of hydrogen-bond donors (Lipinski definition) is 1. The van der Waals surface area contributed by atoms with Crippen LogP contribution in [0, 0.1) is 11.8 Å². The third-order valence-corrected chi connectivity index (χ3v) is 5.74. The van der Waals surface area contributed by atoms with E-state index < -0.39 is 0 Å². The monoisotopic (exact) mass is 323 g/mol. The summed E-state index contributed by atoms with van der Waals surface area (Å²) in [4.78, 5) is 21.9. The quantitative estimate of drug-likeness (QED) is 0.918. The highest BCUT2D eigenvalue weighted by Crippen LogP contribution is 2.40. The molecule has 24 heavy (non-hydrogen) atoms. The third kappa shape index (κ3) is 3.23. The zero-order chi connectivity index (χ0) is 16.4. The molecule has 1 aromatic carbocycles. The smallest absolute Gasteiger partial charge is 0.223 e. The largest absolute Gasteiger partial charge is 0.351 e. The zero-order valence-corrected chi connectivity index (χ0v) is 14.0. The van der Waals surface area contributed by atoms with Gasteiger partial charge in [0.15, 0.2) is 0 Å². The van der Waals surface area contributed by atoms with Gasteiger partial charge in [-0.3, -0.25) is 4.79 Å². The van der Waals surface area contributed by atoms with Gasteiger partial charge in [0.1, 0.15) is 0 Å². The van der Waals surface area contributed by atoms with E-state index in [9.17, 15) is 4.79 Å². The summed E-state index contributed by atoms with van der Waals surface area (Å²) in [5.74, 6) is 1.63. The maximum absolute atomic E-state index is 12.5. The van der Waals surface area contributed by atoms with Crippen molar-refractivity contribution in [2.24, 2.45) is 11.8 Å². The Hall–Kier alpha value is -2.10. The van der Waals surface area contributed by atoms with Gasteiger partial charge in [-0.25, -0.2) is 4.98 Å². The van der Waals surface area contributed by atoms with E-state index in [0.717, 1.165) is 43.8 Å². The number of carbonyl (C=O) groups is 1. The maximum Gasteiger partial charge on any atom is 0.223 e. The topological polar surface area (TPSA) is 49.0 Å². The number of hydrogen-bond acceptors (Lipinski definition) is 2. The van der Waals surface area contributed by atoms with Crippen LogP contribution in [0.5, 0.6) is 0 Å². The minimum absolute atomic E-state index is 0.348. The van der Waals surface area contributed by atoms with E-state index in [1.165, 1.54) is 18.4 Å². The lowest BCUT2D eigenvalue weighted by Crippen LogP contribution is -2.39. The summed E-state index contributed by atoms with van der Waals surface area (Å²) >= 11 is 0. The number of aromatic nitrogens is 2. The van der Waals surface area contributed by atoms with Gasteiger partial charge in [0, 0.05) is 31.6 Å². The van der Waals surface area contributed by atoms with Gasteiger partial charge in [0.05, 0.1) is 12.0 Å². The van der Waals surface area contributed by atoms with Crippen molar-refractivity contribution in [3.63, 3.8) is 0 Å². The number of rotatable bonds is 5. The highest BCUT2D eigenvalue weighted by molar-refractivity contribution is 5.79. The first-order valence-corrected chi connectivity index (χ1v) is 9.10. The van der Waals surface area contributed by atoms with Gasteiger partial charge >= 0.3 is 0 Å². The number of aromatic amines is 1. The van der Waals surface area contributed by atoms with Gasteiger partial charge in [0.2, 0.25) is 5.91 Å². The van der Waals surface area contributed by atoms with Crippen LogP contribution in [-0.4, -0.2) is 33.4 Å². The van der Waals surface area contributed by atoms with E-state index in [2.05, 4.69) is 45.2 Å². The Morgan fingerprint density at radius 2 is 2.08 bits per heavy atom. The molecule has 126 valence electrons. The van der Waals surface area contributed by atoms with Crippen LogP contribution in [0.4, 0.5) is 0 Å². The predicted octanol–water partition coefficient (Wildman–Crippen LogP) is 3.21. The van der Waals surface area contributed by atoms with Crippen molar-refractivity contribution in [1.82, 2.24) is 14.9 Å². The molecule has 2 heterocycles. The maximum atomic E-state index is 12.5. The minimum atomic E-state index is 0.348. The number of nitrogens with zero attached hydrogens (tertiary/aromatic N) is 2. The number of likely N-dealkylation sites (tertiary alicyclic amines) is 1. The van der Waals surface area contributed by atoms with Crippen LogP contribution >= 0.6 is 0 Å². The van der Waals surface area contributed by atoms with Gasteiger partial charge in [-0.15, -0.1) is 0 Å². The molecule has 2 aliphatic rings. The molecule has 1 amide bonds. The SMILES string of the molecule is O=C1CC2CC(Cc3ccccc3)CCC2N1CCc1c[nH]cn1. The van der Waals surface area contributed by atoms with Crippen LogP contribution in [-0.2, 0) is 17.6 Å². The third-order valence-electron chi connectivity index (χ3n) is 5.74. The number of benzene rings is 1. The van der Waals surface area contributed by atoms with Gasteiger partial charge in [-0.05, 0) is 43.1 Å². The zero-order valence-electron chi connectivity index (χ0n) is 14.0. The molecule has 3 atom stereocenters. The summed E-state index contributed by atoms with van der Waals surface area (Å²) < 4.78 is 0. The fourth-order valence-corrected chi connectivity index (χ4v) is 4.59. The van der Waals surface area contributed by atoms with Crippen LogP contribution in [0.2, 0.25) is 0 Å². The average Bonchev–Trinajstić information content (AvgIpc) is 3.21. The summed E-state index contributed by atoms with van der Waals surface area (Å²) in [5, 5.41) is 0. The van der Waals surface area contributed by atoms with Crippen molar-refractivity contribution in [1.29, 1.82) is 0 Å². The molecular formula is C20H25N3O. The molecule has 0 spiro atoms. The first-order chi connectivity index (χ1) is 11.8. The molecule has 2 aromatic rings. The molecular weight excluding hydrogens is 298 g/mol. The van der Waals surface area contributed by atoms with Crippen LogP contribution < -0.4 is 0 Å². The van der Waals surface area contributed by atoms with Crippen molar-refractivity contribution < 1.29 is 4.79 Å². The number of carbonyl (C=O) groups excluding carboxylic acids is 1. The van der Waals surface area contributed by atoms with E-state index in [1.54, 1.807) is 6.33 Å². The van der Waals surface area contributed by atoms with Crippen molar-refractivity contribution in [2.75, 3.05) is 6.54 Å². The Kier molecular flexibility index (Phi) is 4.37. The summed E-state index contributed by atoms with van der Waals surface area (Å²) in [6.07, 6.45) is 9.99. The van der Waals surface area contributed by atoms with E-state index in [4.69, 9.17) is 0 Å². The molecule has 1 aliphatic carbocycles. The molecule has 1 saturated heterocycles. The lowest BCUT2D eigenvalue weighted by Gasteiger charge is -2.35. The number of H-pyrrole nitrogens is 1. The van der Waals surface area contributed by atoms with Crippen molar-refractivity contribution in [3.8, 4) is 0 Å². The molecule has 3 unspecified atom stereocenters. The molecule has 4 heteroatoms. The lowest BCUT2D eigenvalue weighted by atomic mass is 9.76. The van der Waals surface area contributed by atoms with E-state index in [1.807, 2.05) is 6.20 Å². The Labute approximate surface area is 143 Å². The van der Waals surface area contributed by atoms with E-state index in [-0.39, 0.29) is 0 Å². The Morgan fingerprint density at radius 3 is 2.88 bits per heavy atom. The molecule has 2 fully saturated rings. The fraction of sp³-hybridized carbons (Fsp3) is 0.500. The van der Waals surface area contributed by atoms with Crippen molar-refractivity contribution in [3.05, 3.63) is 54.1 Å². The average molecular weight is 323 g/mol. The fourth-order valence-electron chi connectivity index (χ4n) is 4.59. The highest BCUT2D eigenvalue weighted by Gasteiger charge is 2.42. The first-order valence-electron chi connectivity index (χ1n) is 9.10. The summed E-state index contributed by atoms with van der Waals surface area (Å²) in [6, 6.07) is 11.2. The molecule has 4 nitrogen and oxygen atoms in total. The van der Waals surface area contributed by atoms with Crippen LogP contribution in [0.25, 0.3) is 0 Å². The Bertz CT molecular complexity index is 667. The van der Waals surface area contributed by atoms with Crippen molar-refractivity contribution >= 4 is 5.91 Å². The van der Waals surface area contributed by atoms with Gasteiger partial charge in [-0.2, -0.15) is 0 Å². The second kappa shape index (κ2) is 6.80. The Balaban J connectivity index is 1.35. The van der Waals surface area contributed by atoms with Crippen LogP contribution in [0.3, 0.4) is 0 Å². The second-order valence-corrected chi connectivity index (χ2v) is 7.30. The highest BCUT2D eigenvalue weighted by atomic mass is 16.2. The van der Waals surface area contributed by atoms with Crippen LogP contribution in [0.15, 0.2) is 42.9 Å². The number of amides is 1. The Morgan fingerprint density at radius 1 is 1.21 bits per heavy atom. The lowest BCUT2D eigenvalue weighted by molar-refractivity contribution is -0.129. The molecule has 1 saturated carbocycles. The summed E-state index contributed by atoms with van der Waals surface area (Å²) in [6.45, 7) is 0.814. The van der Waals surface area contributed by atoms with Crippen LogP contribution in [0.1, 0.15) is 36.9 Å². The minimum Gasteiger partial charge on any atom is -0.351 e. The molecule has 0 radical (unpaired) electrons. The number of imidazole rings is 1. The normalized spacial score (nSPS) is 26.6. The molecule has 1 N–H and O–H groups in total. The van der Waals surface area contributed by atoms with E-state index >= 15 is 0 Å². The van der Waals surface area contributed by atoms with Crippen molar-refractivity contribution in [2.45, 2.75) is 44.6 Å². The molecule has 1 aliphatic heterocycles. The van der Waals surface area contributed by atoms with E-state index in [0.29, 0.717) is 17.9 Å². The number of fused-ring (bicyclic) bond motifs is 1. The van der Waals surface area contributed by atoms with Gasteiger partial charge in [-0.1, -0.05) is 30.3 Å². The van der Waals surface area contributed by atoms with Gasteiger partial charge < -0.3 is 9.88 Å². The molecule has 0 bridgehead atoms. The molecule has 4 rings (SSSR count). The first kappa shape index (κ1) is 15.4. The van der Waals surface area contributed by atoms with Gasteiger partial charge in [0.25, 0.3) is 0 Å². The molecule has 1 aromatic heterocycles. The number of nitrogens with one attached hydrogen (secondary N) is 1. The summed E-state index contributed by atoms with van der Waals surface area (Å²) in [5.41, 5.74) is 2.48. The summed E-state index contributed by atoms with van der Waals surface area (Å²) in [7, 11) is 0. The predicted molar refractivity (Wildman–Crippen MR) is 93.4 cm³/mol. The standard InChI is InChI=1S/C20H25N3O/c24-20-12-17-11-16(10-15-4-2-1-3-5-15)6-7-19(17)23(20)9-8-18-13-21-14-22-18/h1-5,13-14,16-17,19H,6-12H2,(H,21,22). The second-order valence-electron chi connectivity index (χ2n) is 7.30.